The zero-order chi connectivity index (χ0) is 75.6. The van der Waals surface area contributed by atoms with E-state index in [2.05, 4.69) is 90.3 Å². The van der Waals surface area contributed by atoms with Crippen LogP contribution in [-0.4, -0.2) is 110 Å². The summed E-state index contributed by atoms with van der Waals surface area (Å²) in [4.78, 5) is 58.3. The molecule has 26 heteroatoms. The molecule has 1 aliphatic carbocycles. The van der Waals surface area contributed by atoms with Gasteiger partial charge in [0.25, 0.3) is 0 Å². The van der Waals surface area contributed by atoms with Crippen LogP contribution in [0.15, 0.2) is 171 Å². The fourth-order valence-electron chi connectivity index (χ4n) is 10.3. The quantitative estimate of drug-likeness (QED) is 0.0374. The van der Waals surface area contributed by atoms with Gasteiger partial charge in [0.1, 0.15) is 85.4 Å². The Balaban J connectivity index is 0.000000354. The molecule has 23 nitrogen and oxygen atoms in total. The molecule has 12 rings (SSSR count). The summed E-state index contributed by atoms with van der Waals surface area (Å²) < 4.78 is 37.6. The molecule has 0 saturated heterocycles. The monoisotopic (exact) mass is 1550 g/mol. The van der Waals surface area contributed by atoms with Crippen LogP contribution < -0.4 is 54.4 Å². The summed E-state index contributed by atoms with van der Waals surface area (Å²) in [6, 6.07) is 36.2. The topological polar surface area (TPSA) is 277 Å². The number of pyridine rings is 5. The number of anilines is 2. The molecule has 8 heterocycles. The summed E-state index contributed by atoms with van der Waals surface area (Å²) in [6.07, 6.45) is 18.1. The zero-order valence-electron chi connectivity index (χ0n) is 61.4. The van der Waals surface area contributed by atoms with Gasteiger partial charge < -0.3 is 54.4 Å². The number of aldehydes is 1. The number of nitrogens with zero attached hydrogens (tertiary/aromatic N) is 12. The molecule has 0 spiro atoms. The molecule has 3 aromatic carbocycles. The van der Waals surface area contributed by atoms with Crippen molar-refractivity contribution in [1.29, 1.82) is 0 Å². The van der Waals surface area contributed by atoms with Gasteiger partial charge in [-0.15, -0.1) is 0 Å². The van der Waals surface area contributed by atoms with Crippen molar-refractivity contribution in [2.75, 3.05) is 59.5 Å². The normalized spacial score (nSPS) is 11.7. The number of ether oxygens (including phenoxy) is 7. The average molecular weight is 1550 g/mol. The van der Waals surface area contributed by atoms with Crippen molar-refractivity contribution in [3.05, 3.63) is 271 Å². The lowest BCUT2D eigenvalue weighted by molar-refractivity contribution is 0.112. The molecule has 1 aliphatic rings. The number of aryl methyl sites for hydroxylation is 7. The predicted octanol–water partition coefficient (Wildman–Crippen LogP) is 17.7. The maximum absolute atomic E-state index is 10.2. The van der Waals surface area contributed by atoms with Crippen molar-refractivity contribution >= 4 is 52.7 Å². The summed E-state index contributed by atoms with van der Waals surface area (Å²) >= 11 is 17.2. The van der Waals surface area contributed by atoms with Gasteiger partial charge in [-0.25, -0.2) is 24.9 Å². The first-order chi connectivity index (χ1) is 50.8. The molecule has 4 N–H and O–H groups in total. The highest BCUT2D eigenvalue weighted by molar-refractivity contribution is 6.33. The van der Waals surface area contributed by atoms with Crippen molar-refractivity contribution in [2.45, 2.75) is 130 Å². The molecule has 109 heavy (non-hydrogen) atoms. The van der Waals surface area contributed by atoms with E-state index in [1.165, 1.54) is 22.8 Å². The number of halogens is 3. The number of nitrogens with one attached hydrogen (secondary N) is 2. The third-order valence-corrected chi connectivity index (χ3v) is 16.8. The second kappa shape index (κ2) is 48.6. The second-order valence-corrected chi connectivity index (χ2v) is 24.9. The van der Waals surface area contributed by atoms with Crippen LogP contribution in [0.4, 0.5) is 11.6 Å². The van der Waals surface area contributed by atoms with Gasteiger partial charge in [0.2, 0.25) is 5.88 Å². The lowest BCUT2D eigenvalue weighted by Gasteiger charge is -2.26. The molecule has 1 fully saturated rings. The molecule has 0 radical (unpaired) electrons. The predicted molar refractivity (Wildman–Crippen MR) is 438 cm³/mol. The van der Waals surface area contributed by atoms with Gasteiger partial charge in [-0.05, 0) is 154 Å². The van der Waals surface area contributed by atoms with Crippen LogP contribution in [-0.2, 0) is 39.3 Å². The third-order valence-electron chi connectivity index (χ3n) is 16.3. The van der Waals surface area contributed by atoms with E-state index in [-0.39, 0.29) is 29.7 Å². The van der Waals surface area contributed by atoms with Crippen LogP contribution in [0.25, 0.3) is 0 Å². The van der Waals surface area contributed by atoms with E-state index in [1.54, 1.807) is 86.5 Å². The highest BCUT2D eigenvalue weighted by Gasteiger charge is 2.40. The largest absolute Gasteiger partial charge is 0.497 e. The number of methoxy groups -OCH3 is 6. The SMILES string of the molecule is C.C.C.C.COc1ccc(CN(Cc2ccncc2C)c2cc(Cl)nc(C)n2)c(OC)c1.COc1ccc(CN)c(OC)c1.COc1ccc(CNCc2ccncc2C)c(OC)c1.Cc1cnccc1C=O.Cc1nc(Cl)cc(Cl)n1.Cc1nc(NCc2ccncc2C)cc(OC[C@H]2C[C@@H]2c2ccccn2)n1. The number of carbonyl (C=O) groups excluding carboxylic acids is 1. The van der Waals surface area contributed by atoms with E-state index in [4.69, 9.17) is 73.7 Å². The smallest absolute Gasteiger partial charge is 0.218 e. The van der Waals surface area contributed by atoms with Crippen molar-refractivity contribution in [3.8, 4) is 40.4 Å². The molecule has 0 unspecified atom stereocenters. The van der Waals surface area contributed by atoms with E-state index in [0.717, 1.165) is 117 Å². The average Bonchev–Trinajstić information content (AvgIpc) is 1.68. The molecule has 582 valence electrons. The Morgan fingerprint density at radius 3 is 1.43 bits per heavy atom. The zero-order valence-corrected chi connectivity index (χ0v) is 63.7. The molecule has 0 amide bonds. The Morgan fingerprint density at radius 1 is 0.477 bits per heavy atom. The lowest BCUT2D eigenvalue weighted by Crippen LogP contribution is -2.24. The molecule has 2 atom stereocenters. The molecule has 1 saturated carbocycles. The summed E-state index contributed by atoms with van der Waals surface area (Å²) in [7, 11) is 9.86. The Kier molecular flexibility index (Phi) is 41.2. The van der Waals surface area contributed by atoms with E-state index in [0.29, 0.717) is 89.0 Å². The first-order valence-electron chi connectivity index (χ1n) is 33.4. The molecule has 8 aromatic heterocycles. The van der Waals surface area contributed by atoms with E-state index < -0.39 is 0 Å². The highest BCUT2D eigenvalue weighted by Crippen LogP contribution is 2.46. The van der Waals surface area contributed by atoms with E-state index in [9.17, 15) is 4.79 Å². The molecule has 0 bridgehead atoms. The van der Waals surface area contributed by atoms with E-state index >= 15 is 0 Å². The van der Waals surface area contributed by atoms with Crippen molar-refractivity contribution in [3.63, 3.8) is 0 Å². The number of nitrogens with two attached hydrogens (primary N) is 1. The fraction of sp³-hybridized carbons (Fsp3) is 0.325. The molecular formula is C83H106Cl3N15O8. The number of aromatic nitrogens is 11. The first-order valence-corrected chi connectivity index (χ1v) is 34.5. The minimum Gasteiger partial charge on any atom is -0.497 e. The molecular weight excluding hydrogens is 1440 g/mol. The van der Waals surface area contributed by atoms with Gasteiger partial charge in [-0.1, -0.05) is 82.7 Å². The van der Waals surface area contributed by atoms with Gasteiger partial charge in [0.15, 0.2) is 0 Å². The van der Waals surface area contributed by atoms with Gasteiger partial charge in [-0.2, -0.15) is 4.98 Å². The highest BCUT2D eigenvalue weighted by atomic mass is 35.5. The number of hydrogen-bond acceptors (Lipinski definition) is 23. The first kappa shape index (κ1) is 92.5. The standard InChI is InChI=1S/C21H23ClN4O2.C21H23N5O.C16H20N2O2.C9H13NO2.C7H7NO.C5H4Cl2N2.4CH4/c1-14-11-23-8-7-16(14)12-26(21-10-20(22)24-15(2)25-21)13-17-5-6-18(27-3)9-19(17)28-4;1-14-11-22-8-6-16(14)12-24-20-10-21(26-15(2)25-20)27-13-17-9-18(17)19-5-3-4-7-23-19;1-12-9-17-7-6-13(12)10-18-11-14-4-5-15(19-2)8-16(14)20-3;1-11-8-4-3-7(6-10)9(5-8)12-2;1-6-4-8-3-2-7(6)5-9;1-3-8-4(6)2-5(7)9-3;;;;/h5-11H,12-13H2,1-4H3;3-8,10-11,17-18H,9,12-13H2,1-2H3,(H,24,25,26);4-9,18H,10-11H2,1-3H3;3-5H,6,10H2,1-2H3;2-5H,1H3;2H,1H3;4*1H4/t;17-,18+;;;;;;;;/m.1......../s1. The van der Waals surface area contributed by atoms with Crippen LogP contribution in [0.5, 0.6) is 40.4 Å². The van der Waals surface area contributed by atoms with Crippen molar-refractivity contribution in [1.82, 2.24) is 60.1 Å². The maximum atomic E-state index is 10.2. The van der Waals surface area contributed by atoms with Crippen LogP contribution in [0.3, 0.4) is 0 Å². The maximum Gasteiger partial charge on any atom is 0.218 e. The number of benzene rings is 3. The van der Waals surface area contributed by atoms with Crippen LogP contribution in [0, 0.1) is 54.4 Å². The minimum atomic E-state index is 0. The Labute approximate surface area is 659 Å². The van der Waals surface area contributed by atoms with Gasteiger partial charge >= 0.3 is 0 Å². The second-order valence-electron chi connectivity index (χ2n) is 23.8. The summed E-state index contributed by atoms with van der Waals surface area (Å²) in [5.41, 5.74) is 18.5. The minimum absolute atomic E-state index is 0. The van der Waals surface area contributed by atoms with Gasteiger partial charge in [0, 0.05) is 171 Å². The summed E-state index contributed by atoms with van der Waals surface area (Å²) in [5, 5.41) is 7.96. The van der Waals surface area contributed by atoms with E-state index in [1.807, 2.05) is 150 Å². The van der Waals surface area contributed by atoms with Crippen molar-refractivity contribution < 1.29 is 38.0 Å². The van der Waals surface area contributed by atoms with Gasteiger partial charge in [-0.3, -0.25) is 29.7 Å². The third kappa shape index (κ3) is 30.5. The Bertz CT molecular complexity index is 4460. The Hall–Kier alpha value is -10.7. The molecule has 0 aliphatic heterocycles. The van der Waals surface area contributed by atoms with Crippen molar-refractivity contribution in [2.24, 2.45) is 11.7 Å². The fourth-order valence-corrected chi connectivity index (χ4v) is 11.0. The lowest BCUT2D eigenvalue weighted by atomic mass is 10.1. The van der Waals surface area contributed by atoms with Gasteiger partial charge in [0.05, 0.1) is 49.3 Å². The van der Waals surface area contributed by atoms with Crippen LogP contribution in [0.2, 0.25) is 15.5 Å². The number of carbonyl (C=O) groups is 1. The summed E-state index contributed by atoms with van der Waals surface area (Å²) in [6.45, 7) is 18.1. The Morgan fingerprint density at radius 2 is 0.945 bits per heavy atom. The van der Waals surface area contributed by atoms with Crippen LogP contribution >= 0.6 is 34.8 Å². The number of rotatable bonds is 24. The molecule has 11 aromatic rings. The summed E-state index contributed by atoms with van der Waals surface area (Å²) in [5.74, 6) is 9.75. The van der Waals surface area contributed by atoms with Crippen LogP contribution in [0.1, 0.15) is 131 Å². The number of hydrogen-bond donors (Lipinski definition) is 3.